The van der Waals surface area contributed by atoms with Crippen LogP contribution in [0, 0.1) is 5.82 Å². The zero-order valence-corrected chi connectivity index (χ0v) is 14.8. The van der Waals surface area contributed by atoms with Crippen LogP contribution < -0.4 is 10.1 Å². The second kappa shape index (κ2) is 6.87. The van der Waals surface area contributed by atoms with E-state index < -0.39 is 5.82 Å². The van der Waals surface area contributed by atoms with Crippen molar-refractivity contribution in [3.05, 3.63) is 52.4 Å². The van der Waals surface area contributed by atoms with Crippen LogP contribution in [0.2, 0.25) is 0 Å². The van der Waals surface area contributed by atoms with Gasteiger partial charge in [0, 0.05) is 16.4 Å². The number of aromatic nitrogens is 2. The van der Waals surface area contributed by atoms with Gasteiger partial charge in [-0.2, -0.15) is 4.98 Å². The molecular formula is C18H16FN3O3S. The number of thiophene rings is 1. The van der Waals surface area contributed by atoms with E-state index in [0.717, 1.165) is 34.5 Å². The summed E-state index contributed by atoms with van der Waals surface area (Å²) >= 11 is 1.47. The van der Waals surface area contributed by atoms with Crippen molar-refractivity contribution >= 4 is 17.2 Å². The molecule has 26 heavy (non-hydrogen) atoms. The number of ether oxygens (including phenoxy) is 1. The number of benzene rings is 1. The first kappa shape index (κ1) is 16.7. The Morgan fingerprint density at radius 3 is 2.96 bits per heavy atom. The summed E-state index contributed by atoms with van der Waals surface area (Å²) in [7, 11) is 1.38. The Morgan fingerprint density at radius 1 is 1.38 bits per heavy atom. The molecule has 0 saturated heterocycles. The molecular weight excluding hydrogens is 357 g/mol. The van der Waals surface area contributed by atoms with Gasteiger partial charge in [0.25, 0.3) is 11.8 Å². The molecule has 2 aromatic heterocycles. The topological polar surface area (TPSA) is 77.2 Å². The second-order valence-corrected chi connectivity index (χ2v) is 7.20. The van der Waals surface area contributed by atoms with Gasteiger partial charge in [0.05, 0.1) is 18.5 Å². The zero-order chi connectivity index (χ0) is 18.1. The fraction of sp³-hybridized carbons (Fsp3) is 0.278. The third kappa shape index (κ3) is 3.45. The van der Waals surface area contributed by atoms with Crippen molar-refractivity contribution in [2.24, 2.45) is 0 Å². The smallest absolute Gasteiger partial charge is 0.268 e. The maximum Gasteiger partial charge on any atom is 0.268 e. The van der Waals surface area contributed by atoms with Crippen LogP contribution in [0.4, 0.5) is 4.39 Å². The molecule has 0 unspecified atom stereocenters. The van der Waals surface area contributed by atoms with E-state index in [-0.39, 0.29) is 17.2 Å². The molecule has 0 aliphatic heterocycles. The van der Waals surface area contributed by atoms with Crippen LogP contribution in [-0.2, 0) is 6.54 Å². The lowest BCUT2D eigenvalue weighted by Crippen LogP contribution is -2.22. The summed E-state index contributed by atoms with van der Waals surface area (Å²) in [5.74, 6) is 0.902. The molecule has 3 aromatic rings. The third-order valence-electron chi connectivity index (χ3n) is 4.09. The Morgan fingerprint density at radius 2 is 2.23 bits per heavy atom. The minimum Gasteiger partial charge on any atom is -0.494 e. The second-order valence-electron chi connectivity index (χ2n) is 6.03. The molecule has 0 atom stereocenters. The average molecular weight is 373 g/mol. The van der Waals surface area contributed by atoms with Crippen molar-refractivity contribution in [1.82, 2.24) is 15.5 Å². The van der Waals surface area contributed by atoms with Gasteiger partial charge in [-0.3, -0.25) is 4.79 Å². The molecule has 0 bridgehead atoms. The molecule has 1 N–H and O–H groups in total. The Kier molecular flexibility index (Phi) is 4.42. The summed E-state index contributed by atoms with van der Waals surface area (Å²) in [6, 6.07) is 7.90. The van der Waals surface area contributed by atoms with E-state index in [2.05, 4.69) is 15.5 Å². The number of nitrogens with zero attached hydrogens (tertiary/aromatic N) is 2. The number of rotatable bonds is 6. The fourth-order valence-corrected chi connectivity index (χ4v) is 3.38. The lowest BCUT2D eigenvalue weighted by Gasteiger charge is -2.06. The van der Waals surface area contributed by atoms with Gasteiger partial charge in [0.2, 0.25) is 0 Å². The molecule has 1 aliphatic rings. The number of carbonyl (C=O) groups is 1. The molecule has 8 heteroatoms. The summed E-state index contributed by atoms with van der Waals surface area (Å²) in [6.45, 7) is 0.334. The Bertz CT molecular complexity index is 949. The first-order valence-electron chi connectivity index (χ1n) is 8.18. The van der Waals surface area contributed by atoms with Gasteiger partial charge in [0.15, 0.2) is 17.4 Å². The standard InChI is InChI=1S/C18H16FN3O3S/c1-24-14-6-4-11(8-13(14)19)17(23)20-9-12-5-7-15(26-12)18-21-16(22-25-18)10-2-3-10/h4-8,10H,2-3,9H2,1H3,(H,20,23). The van der Waals surface area contributed by atoms with Crippen LogP contribution in [0.5, 0.6) is 5.75 Å². The van der Waals surface area contributed by atoms with E-state index in [9.17, 15) is 9.18 Å². The van der Waals surface area contributed by atoms with Crippen molar-refractivity contribution < 1.29 is 18.4 Å². The molecule has 2 heterocycles. The number of carbonyl (C=O) groups excluding carboxylic acids is 1. The van der Waals surface area contributed by atoms with Gasteiger partial charge < -0.3 is 14.6 Å². The molecule has 1 amide bonds. The van der Waals surface area contributed by atoms with Gasteiger partial charge in [-0.05, 0) is 43.2 Å². The largest absolute Gasteiger partial charge is 0.494 e. The van der Waals surface area contributed by atoms with Crippen molar-refractivity contribution in [2.75, 3.05) is 7.11 Å². The number of hydrogen-bond acceptors (Lipinski definition) is 6. The lowest BCUT2D eigenvalue weighted by molar-refractivity contribution is 0.0951. The number of amides is 1. The van der Waals surface area contributed by atoms with Crippen molar-refractivity contribution in [3.63, 3.8) is 0 Å². The summed E-state index contributed by atoms with van der Waals surface area (Å²) in [4.78, 5) is 18.4. The van der Waals surface area contributed by atoms with Crippen molar-refractivity contribution in [3.8, 4) is 16.5 Å². The van der Waals surface area contributed by atoms with E-state index in [4.69, 9.17) is 9.26 Å². The summed E-state index contributed by atoms with van der Waals surface area (Å²) in [5.41, 5.74) is 0.242. The molecule has 0 radical (unpaired) electrons. The van der Waals surface area contributed by atoms with Gasteiger partial charge in [-0.25, -0.2) is 4.39 Å². The fourth-order valence-electron chi connectivity index (χ4n) is 2.51. The summed E-state index contributed by atoms with van der Waals surface area (Å²) in [5, 5.41) is 6.78. The molecule has 6 nitrogen and oxygen atoms in total. The summed E-state index contributed by atoms with van der Waals surface area (Å²) in [6.07, 6.45) is 2.24. The average Bonchev–Trinajstić information content (AvgIpc) is 3.19. The number of hydrogen-bond donors (Lipinski definition) is 1. The molecule has 1 saturated carbocycles. The van der Waals surface area contributed by atoms with Gasteiger partial charge in [0.1, 0.15) is 0 Å². The van der Waals surface area contributed by atoms with Crippen LogP contribution >= 0.6 is 11.3 Å². The Labute approximate surface area is 153 Å². The zero-order valence-electron chi connectivity index (χ0n) is 14.0. The van der Waals surface area contributed by atoms with Gasteiger partial charge >= 0.3 is 0 Å². The highest BCUT2D eigenvalue weighted by Crippen LogP contribution is 2.39. The molecule has 1 aromatic carbocycles. The number of methoxy groups -OCH3 is 1. The highest BCUT2D eigenvalue weighted by atomic mass is 32.1. The van der Waals surface area contributed by atoms with Crippen LogP contribution in [0.25, 0.3) is 10.8 Å². The van der Waals surface area contributed by atoms with Crippen LogP contribution in [0.3, 0.4) is 0 Å². The van der Waals surface area contributed by atoms with E-state index in [1.54, 1.807) is 0 Å². The predicted octanol–water partition coefficient (Wildman–Crippen LogP) is 3.75. The Hall–Kier alpha value is -2.74. The maximum absolute atomic E-state index is 13.7. The van der Waals surface area contributed by atoms with E-state index in [1.807, 2.05) is 12.1 Å². The predicted molar refractivity (Wildman–Crippen MR) is 93.7 cm³/mol. The Balaban J connectivity index is 1.39. The minimum atomic E-state index is -0.568. The maximum atomic E-state index is 13.7. The molecule has 0 spiro atoms. The first-order valence-corrected chi connectivity index (χ1v) is 9.00. The minimum absolute atomic E-state index is 0.106. The van der Waals surface area contributed by atoms with Crippen molar-refractivity contribution in [2.45, 2.75) is 25.3 Å². The van der Waals surface area contributed by atoms with Crippen LogP contribution in [0.1, 0.15) is 39.8 Å². The molecule has 4 rings (SSSR count). The van der Waals surface area contributed by atoms with Crippen LogP contribution in [-0.4, -0.2) is 23.2 Å². The van der Waals surface area contributed by atoms with E-state index in [1.165, 1.54) is 30.6 Å². The summed E-state index contributed by atoms with van der Waals surface area (Å²) < 4.78 is 23.9. The number of halogens is 1. The monoisotopic (exact) mass is 373 g/mol. The first-order chi connectivity index (χ1) is 12.6. The van der Waals surface area contributed by atoms with Gasteiger partial charge in [-0.1, -0.05) is 5.16 Å². The van der Waals surface area contributed by atoms with Crippen molar-refractivity contribution in [1.29, 1.82) is 0 Å². The molecule has 1 fully saturated rings. The van der Waals surface area contributed by atoms with Gasteiger partial charge in [-0.15, -0.1) is 11.3 Å². The van der Waals surface area contributed by atoms with E-state index in [0.29, 0.717) is 18.4 Å². The quantitative estimate of drug-likeness (QED) is 0.712. The lowest BCUT2D eigenvalue weighted by atomic mass is 10.2. The normalized spacial score (nSPS) is 13.6. The highest BCUT2D eigenvalue weighted by Gasteiger charge is 2.29. The molecule has 134 valence electrons. The third-order valence-corrected chi connectivity index (χ3v) is 5.17. The van der Waals surface area contributed by atoms with Crippen LogP contribution in [0.15, 0.2) is 34.9 Å². The SMILES string of the molecule is COc1ccc(C(=O)NCc2ccc(-c3nc(C4CC4)no3)s2)cc1F. The van der Waals surface area contributed by atoms with E-state index >= 15 is 0 Å². The number of nitrogens with one attached hydrogen (secondary N) is 1. The molecule has 1 aliphatic carbocycles. The highest BCUT2D eigenvalue weighted by molar-refractivity contribution is 7.15.